The number of anilines is 1. The summed E-state index contributed by atoms with van der Waals surface area (Å²) in [5.74, 6) is -0.745. The lowest BCUT2D eigenvalue weighted by atomic mass is 10.1. The third-order valence-electron chi connectivity index (χ3n) is 7.23. The quantitative estimate of drug-likeness (QED) is 0.262. The molecule has 2 aromatic carbocycles. The number of amides is 1. The molecule has 0 atom stereocenters. The van der Waals surface area contributed by atoms with Gasteiger partial charge in [0.25, 0.3) is 5.56 Å². The number of benzene rings is 2. The van der Waals surface area contributed by atoms with Gasteiger partial charge in [0, 0.05) is 45.7 Å². The molecule has 1 amide bonds. The fraction of sp³-hybridized carbons (Fsp3) is 0.448. The Hall–Kier alpha value is -3.99. The number of nitrogens with zero attached hydrogens (tertiary/aromatic N) is 3. The Labute approximate surface area is 231 Å². The van der Waals surface area contributed by atoms with Crippen molar-refractivity contribution in [1.29, 1.82) is 0 Å². The Morgan fingerprint density at radius 3 is 2.50 bits per heavy atom. The Morgan fingerprint density at radius 2 is 1.75 bits per heavy atom. The van der Waals surface area contributed by atoms with Crippen molar-refractivity contribution in [1.82, 2.24) is 19.8 Å². The molecule has 1 aromatic heterocycles. The highest BCUT2D eigenvalue weighted by atomic mass is 19.1. The van der Waals surface area contributed by atoms with Crippen LogP contribution in [0, 0.1) is 5.82 Å². The van der Waals surface area contributed by atoms with Gasteiger partial charge in [-0.15, -0.1) is 0 Å². The van der Waals surface area contributed by atoms with Crippen LogP contribution in [0.15, 0.2) is 52.1 Å². The monoisotopic (exact) mass is 553 g/mol. The predicted octanol–water partition coefficient (Wildman–Crippen LogP) is 2.50. The molecule has 1 saturated heterocycles. The molecule has 2 N–H and O–H groups in total. The molecule has 0 bridgehead atoms. The third-order valence-corrected chi connectivity index (χ3v) is 7.23. The van der Waals surface area contributed by atoms with Crippen molar-refractivity contribution in [2.75, 3.05) is 51.3 Å². The molecule has 2 heterocycles. The van der Waals surface area contributed by atoms with Crippen molar-refractivity contribution in [3.8, 4) is 0 Å². The number of unbranched alkanes of at least 4 members (excludes halogenated alkanes) is 2. The molecule has 10 nitrogen and oxygen atoms in total. The minimum atomic E-state index is -0.549. The number of esters is 1. The number of nitrogens with one attached hydrogen (secondary N) is 2. The van der Waals surface area contributed by atoms with Crippen molar-refractivity contribution < 1.29 is 18.7 Å². The summed E-state index contributed by atoms with van der Waals surface area (Å²) in [5, 5.41) is 3.28. The number of ether oxygens (including phenoxy) is 1. The zero-order chi connectivity index (χ0) is 28.5. The van der Waals surface area contributed by atoms with Crippen LogP contribution in [0.2, 0.25) is 0 Å². The van der Waals surface area contributed by atoms with Gasteiger partial charge in [0.05, 0.1) is 29.3 Å². The lowest BCUT2D eigenvalue weighted by molar-refractivity contribution is -0.121. The van der Waals surface area contributed by atoms with E-state index in [9.17, 15) is 23.6 Å². The van der Waals surface area contributed by atoms with E-state index < -0.39 is 17.2 Å². The van der Waals surface area contributed by atoms with Gasteiger partial charge in [0.15, 0.2) is 0 Å². The van der Waals surface area contributed by atoms with Crippen LogP contribution in [-0.2, 0) is 16.1 Å². The average Bonchev–Trinajstić information content (AvgIpc) is 2.96. The molecule has 0 spiro atoms. The zero-order valence-corrected chi connectivity index (χ0v) is 22.8. The second-order valence-corrected chi connectivity index (χ2v) is 9.93. The number of hydrogen-bond donors (Lipinski definition) is 2. The number of carbonyl (C=O) groups excluding carboxylic acids is 2. The largest absolute Gasteiger partial charge is 0.465 e. The van der Waals surface area contributed by atoms with Gasteiger partial charge < -0.3 is 19.9 Å². The SMILES string of the molecule is COC(=O)c1ccc2c(=O)n(CCCCCC(=O)NCCCN3CCN(c4ccccc4F)CC3)c(=O)[nH]c2c1. The van der Waals surface area contributed by atoms with E-state index >= 15 is 0 Å². The van der Waals surface area contributed by atoms with Gasteiger partial charge in [-0.25, -0.2) is 14.0 Å². The number of hydrogen-bond acceptors (Lipinski definition) is 7. The maximum absolute atomic E-state index is 14.0. The fourth-order valence-electron chi connectivity index (χ4n) is 4.97. The normalized spacial score (nSPS) is 13.9. The number of aromatic nitrogens is 2. The molecule has 1 aliphatic rings. The minimum Gasteiger partial charge on any atom is -0.465 e. The summed E-state index contributed by atoms with van der Waals surface area (Å²) in [4.78, 5) is 56.2. The van der Waals surface area contributed by atoms with Crippen LogP contribution in [0.1, 0.15) is 42.5 Å². The van der Waals surface area contributed by atoms with Crippen molar-refractivity contribution in [2.45, 2.75) is 38.6 Å². The summed E-state index contributed by atoms with van der Waals surface area (Å²) < 4.78 is 19.8. The first-order valence-corrected chi connectivity index (χ1v) is 13.7. The van der Waals surface area contributed by atoms with Crippen molar-refractivity contribution in [2.24, 2.45) is 0 Å². The van der Waals surface area contributed by atoms with Crippen LogP contribution in [0.5, 0.6) is 0 Å². The summed E-state index contributed by atoms with van der Waals surface area (Å²) in [6.07, 6.45) is 3.18. The van der Waals surface area contributed by atoms with Gasteiger partial charge in [0.2, 0.25) is 5.91 Å². The Kier molecular flexibility index (Phi) is 10.1. The second kappa shape index (κ2) is 13.9. The summed E-state index contributed by atoms with van der Waals surface area (Å²) in [7, 11) is 1.26. The lowest BCUT2D eigenvalue weighted by Gasteiger charge is -2.36. The summed E-state index contributed by atoms with van der Waals surface area (Å²) >= 11 is 0. The predicted molar refractivity (Wildman–Crippen MR) is 151 cm³/mol. The number of fused-ring (bicyclic) bond motifs is 1. The Morgan fingerprint density at radius 1 is 0.975 bits per heavy atom. The molecule has 40 heavy (non-hydrogen) atoms. The zero-order valence-electron chi connectivity index (χ0n) is 22.8. The van der Waals surface area contributed by atoms with Crippen LogP contribution >= 0.6 is 0 Å². The van der Waals surface area contributed by atoms with Crippen LogP contribution in [-0.4, -0.2) is 72.7 Å². The molecule has 1 fully saturated rings. The number of rotatable bonds is 12. The lowest BCUT2D eigenvalue weighted by Crippen LogP contribution is -2.47. The summed E-state index contributed by atoms with van der Waals surface area (Å²) in [5.41, 5.74) is 0.241. The molecule has 4 rings (SSSR count). The molecule has 11 heteroatoms. The van der Waals surface area contributed by atoms with E-state index in [2.05, 4.69) is 24.8 Å². The number of halogens is 1. The number of aromatic amines is 1. The first-order chi connectivity index (χ1) is 19.4. The molecule has 1 aliphatic heterocycles. The molecule has 3 aromatic rings. The highest BCUT2D eigenvalue weighted by Gasteiger charge is 2.19. The summed E-state index contributed by atoms with van der Waals surface area (Å²) in [6.45, 7) is 5.01. The van der Waals surface area contributed by atoms with Crippen molar-refractivity contribution >= 4 is 28.5 Å². The number of methoxy groups -OCH3 is 1. The highest BCUT2D eigenvalue weighted by molar-refractivity contribution is 5.93. The molecule has 0 radical (unpaired) electrons. The van der Waals surface area contributed by atoms with Crippen LogP contribution in [0.4, 0.5) is 10.1 Å². The Balaban J connectivity index is 1.11. The van der Waals surface area contributed by atoms with Gasteiger partial charge >= 0.3 is 11.7 Å². The van der Waals surface area contributed by atoms with Gasteiger partial charge in [-0.2, -0.15) is 0 Å². The van der Waals surface area contributed by atoms with E-state index in [0.29, 0.717) is 43.3 Å². The average molecular weight is 554 g/mol. The molecule has 0 saturated carbocycles. The molecule has 0 aliphatic carbocycles. The number of piperazine rings is 1. The number of carbonyl (C=O) groups is 2. The number of para-hydroxylation sites is 1. The van der Waals surface area contributed by atoms with Gasteiger partial charge in [0.1, 0.15) is 5.82 Å². The van der Waals surface area contributed by atoms with Gasteiger partial charge in [-0.05, 0) is 56.1 Å². The second-order valence-electron chi connectivity index (χ2n) is 9.93. The number of H-pyrrole nitrogens is 1. The maximum Gasteiger partial charge on any atom is 0.337 e. The van der Waals surface area contributed by atoms with Crippen LogP contribution in [0.3, 0.4) is 0 Å². The van der Waals surface area contributed by atoms with Gasteiger partial charge in [-0.1, -0.05) is 18.6 Å². The van der Waals surface area contributed by atoms with Crippen molar-refractivity contribution in [3.05, 3.63) is 74.7 Å². The van der Waals surface area contributed by atoms with Crippen LogP contribution < -0.4 is 21.5 Å². The smallest absolute Gasteiger partial charge is 0.337 e. The molecular weight excluding hydrogens is 517 g/mol. The van der Waals surface area contributed by atoms with E-state index in [1.54, 1.807) is 6.07 Å². The first kappa shape index (κ1) is 29.0. The van der Waals surface area contributed by atoms with E-state index in [0.717, 1.165) is 43.7 Å². The summed E-state index contributed by atoms with van der Waals surface area (Å²) in [6, 6.07) is 11.3. The molecular formula is C29H36FN5O5. The standard InChI is InChI=1S/C29H36FN5O5/c1-40-28(38)21-11-12-22-24(20-21)32-29(39)35(27(22)37)15-6-2-3-10-26(36)31-13-7-14-33-16-18-34(19-17-33)25-9-5-4-8-23(25)30/h4-5,8-9,11-12,20H,2-3,6-7,10,13-19H2,1H3,(H,31,36)(H,32,39). The Bertz CT molecular complexity index is 1440. The minimum absolute atomic E-state index is 0.00787. The molecule has 0 unspecified atom stereocenters. The fourth-order valence-corrected chi connectivity index (χ4v) is 4.97. The molecule has 214 valence electrons. The first-order valence-electron chi connectivity index (χ1n) is 13.7. The van der Waals surface area contributed by atoms with Gasteiger partial charge in [-0.3, -0.25) is 19.1 Å². The van der Waals surface area contributed by atoms with E-state index in [1.165, 1.54) is 31.4 Å². The third kappa shape index (κ3) is 7.35. The van der Waals surface area contributed by atoms with E-state index in [1.807, 2.05) is 12.1 Å². The topological polar surface area (TPSA) is 117 Å². The van der Waals surface area contributed by atoms with E-state index in [-0.39, 0.29) is 29.3 Å². The highest BCUT2D eigenvalue weighted by Crippen LogP contribution is 2.20. The van der Waals surface area contributed by atoms with Crippen molar-refractivity contribution in [3.63, 3.8) is 0 Å². The van der Waals surface area contributed by atoms with Crippen LogP contribution in [0.25, 0.3) is 10.9 Å². The maximum atomic E-state index is 14.0. The van der Waals surface area contributed by atoms with E-state index in [4.69, 9.17) is 0 Å².